The number of carbonyl (C=O) groups is 1. The predicted octanol–water partition coefficient (Wildman–Crippen LogP) is 1.54. The average molecular weight is 285 g/mol. The van der Waals surface area contributed by atoms with Crippen LogP contribution < -0.4 is 11.1 Å². The first-order chi connectivity index (χ1) is 10.2. The predicted molar refractivity (Wildman–Crippen MR) is 80.4 cm³/mol. The summed E-state index contributed by atoms with van der Waals surface area (Å²) in [7, 11) is 0. The molecular formula is C16H19N3O2. The summed E-state index contributed by atoms with van der Waals surface area (Å²) in [5.41, 5.74) is 9.29. The van der Waals surface area contributed by atoms with E-state index in [2.05, 4.69) is 16.3 Å². The van der Waals surface area contributed by atoms with Crippen molar-refractivity contribution < 1.29 is 9.21 Å². The van der Waals surface area contributed by atoms with Gasteiger partial charge in [0.25, 0.3) is 0 Å². The molecule has 0 fully saturated rings. The molecule has 21 heavy (non-hydrogen) atoms. The Kier molecular flexibility index (Phi) is 3.92. The molecule has 5 nitrogen and oxygen atoms in total. The van der Waals surface area contributed by atoms with E-state index in [1.165, 1.54) is 11.1 Å². The fourth-order valence-corrected chi connectivity index (χ4v) is 2.69. The molecule has 2 heterocycles. The Bertz CT molecular complexity index is 622. The molecule has 2 aromatic rings. The van der Waals surface area contributed by atoms with E-state index in [0.29, 0.717) is 13.1 Å². The molecule has 0 bridgehead atoms. The van der Waals surface area contributed by atoms with E-state index in [-0.39, 0.29) is 5.91 Å². The molecule has 1 aromatic heterocycles. The lowest BCUT2D eigenvalue weighted by molar-refractivity contribution is -0.122. The van der Waals surface area contributed by atoms with Crippen molar-refractivity contribution in [2.45, 2.75) is 19.5 Å². The van der Waals surface area contributed by atoms with E-state index >= 15 is 0 Å². The van der Waals surface area contributed by atoms with Crippen LogP contribution in [0.15, 0.2) is 41.0 Å². The van der Waals surface area contributed by atoms with Gasteiger partial charge in [-0.1, -0.05) is 12.1 Å². The van der Waals surface area contributed by atoms with Gasteiger partial charge in [-0.05, 0) is 35.7 Å². The van der Waals surface area contributed by atoms with Gasteiger partial charge in [0, 0.05) is 18.8 Å². The van der Waals surface area contributed by atoms with Crippen LogP contribution in [0.5, 0.6) is 0 Å². The lowest BCUT2D eigenvalue weighted by atomic mass is 9.98. The standard InChI is InChI=1S/C16H19N3O2/c17-15-5-1-3-12-10-19(7-6-14(12)15)11-16(20)18-9-13-4-2-8-21-13/h1-5,8H,6-7,9-11,17H2,(H,18,20). The van der Waals surface area contributed by atoms with Crippen molar-refractivity contribution in [1.82, 2.24) is 10.2 Å². The number of nitrogen functional groups attached to an aromatic ring is 1. The van der Waals surface area contributed by atoms with Gasteiger partial charge >= 0.3 is 0 Å². The summed E-state index contributed by atoms with van der Waals surface area (Å²) in [4.78, 5) is 14.1. The molecule has 0 aliphatic carbocycles. The quantitative estimate of drug-likeness (QED) is 0.836. The number of anilines is 1. The normalized spacial score (nSPS) is 14.7. The molecule has 0 saturated heterocycles. The molecule has 3 rings (SSSR count). The Morgan fingerprint density at radius 1 is 1.33 bits per heavy atom. The number of carbonyl (C=O) groups excluding carboxylic acids is 1. The molecule has 5 heteroatoms. The zero-order valence-corrected chi connectivity index (χ0v) is 11.8. The second-order valence-electron chi connectivity index (χ2n) is 5.30. The number of hydrogen-bond acceptors (Lipinski definition) is 4. The van der Waals surface area contributed by atoms with Gasteiger partial charge in [0.1, 0.15) is 5.76 Å². The summed E-state index contributed by atoms with van der Waals surface area (Å²) in [6.45, 7) is 2.46. The molecule has 1 aliphatic heterocycles. The second kappa shape index (κ2) is 6.01. The minimum atomic E-state index is 0.0127. The van der Waals surface area contributed by atoms with Crippen molar-refractivity contribution in [3.05, 3.63) is 53.5 Å². The Morgan fingerprint density at radius 2 is 2.24 bits per heavy atom. The Balaban J connectivity index is 1.53. The molecule has 1 aliphatic rings. The monoisotopic (exact) mass is 285 g/mol. The molecule has 1 amide bonds. The van der Waals surface area contributed by atoms with Crippen molar-refractivity contribution in [2.75, 3.05) is 18.8 Å². The summed E-state index contributed by atoms with van der Waals surface area (Å²) in [5.74, 6) is 0.777. The third-order valence-electron chi connectivity index (χ3n) is 3.79. The van der Waals surface area contributed by atoms with Gasteiger partial charge in [0.2, 0.25) is 5.91 Å². The van der Waals surface area contributed by atoms with Gasteiger partial charge in [0.15, 0.2) is 0 Å². The fourth-order valence-electron chi connectivity index (χ4n) is 2.69. The largest absolute Gasteiger partial charge is 0.467 e. The van der Waals surface area contributed by atoms with Crippen LogP contribution in [-0.4, -0.2) is 23.9 Å². The molecule has 3 N–H and O–H groups in total. The topological polar surface area (TPSA) is 71.5 Å². The maximum atomic E-state index is 12.0. The first kappa shape index (κ1) is 13.7. The maximum absolute atomic E-state index is 12.0. The SMILES string of the molecule is Nc1cccc2c1CCN(CC(=O)NCc1ccco1)C2. The number of fused-ring (bicyclic) bond motifs is 1. The highest BCUT2D eigenvalue weighted by molar-refractivity contribution is 5.78. The van der Waals surface area contributed by atoms with Crippen molar-refractivity contribution in [3.63, 3.8) is 0 Å². The first-order valence-corrected chi connectivity index (χ1v) is 7.10. The minimum Gasteiger partial charge on any atom is -0.467 e. The minimum absolute atomic E-state index is 0.0127. The fraction of sp³-hybridized carbons (Fsp3) is 0.312. The molecule has 0 saturated carbocycles. The van der Waals surface area contributed by atoms with E-state index in [1.54, 1.807) is 6.26 Å². The van der Waals surface area contributed by atoms with Crippen LogP contribution in [0.2, 0.25) is 0 Å². The molecule has 1 aromatic carbocycles. The number of furan rings is 1. The van der Waals surface area contributed by atoms with Crippen molar-refractivity contribution in [1.29, 1.82) is 0 Å². The molecule has 110 valence electrons. The Labute approximate surface area is 123 Å². The van der Waals surface area contributed by atoms with Crippen LogP contribution in [0.25, 0.3) is 0 Å². The van der Waals surface area contributed by atoms with Crippen LogP contribution >= 0.6 is 0 Å². The van der Waals surface area contributed by atoms with Crippen molar-refractivity contribution in [3.8, 4) is 0 Å². The van der Waals surface area contributed by atoms with E-state index in [1.807, 2.05) is 24.3 Å². The average Bonchev–Trinajstić information content (AvgIpc) is 2.99. The summed E-state index contributed by atoms with van der Waals surface area (Å²) >= 11 is 0. The molecule has 0 atom stereocenters. The van der Waals surface area contributed by atoms with Gasteiger partial charge in [-0.2, -0.15) is 0 Å². The molecule has 0 unspecified atom stereocenters. The summed E-state index contributed by atoms with van der Waals surface area (Å²) in [6, 6.07) is 9.64. The van der Waals surface area contributed by atoms with Crippen LogP contribution in [0.1, 0.15) is 16.9 Å². The number of nitrogens with two attached hydrogens (primary N) is 1. The first-order valence-electron chi connectivity index (χ1n) is 7.10. The van der Waals surface area contributed by atoms with Crippen molar-refractivity contribution in [2.24, 2.45) is 0 Å². The number of amides is 1. The summed E-state index contributed by atoms with van der Waals surface area (Å²) < 4.78 is 5.19. The number of nitrogens with zero attached hydrogens (tertiary/aromatic N) is 1. The number of hydrogen-bond donors (Lipinski definition) is 2. The maximum Gasteiger partial charge on any atom is 0.234 e. The number of nitrogens with one attached hydrogen (secondary N) is 1. The van der Waals surface area contributed by atoms with Crippen LogP contribution in [-0.2, 0) is 24.3 Å². The lowest BCUT2D eigenvalue weighted by Crippen LogP contribution is -2.39. The molecule has 0 radical (unpaired) electrons. The number of benzene rings is 1. The zero-order valence-electron chi connectivity index (χ0n) is 11.8. The van der Waals surface area contributed by atoms with Gasteiger partial charge in [-0.15, -0.1) is 0 Å². The van der Waals surface area contributed by atoms with Crippen LogP contribution in [0.3, 0.4) is 0 Å². The third kappa shape index (κ3) is 3.25. The third-order valence-corrected chi connectivity index (χ3v) is 3.79. The summed E-state index contributed by atoms with van der Waals surface area (Å²) in [6.07, 6.45) is 2.50. The zero-order chi connectivity index (χ0) is 14.7. The van der Waals surface area contributed by atoms with Gasteiger partial charge in [-0.25, -0.2) is 0 Å². The van der Waals surface area contributed by atoms with Crippen LogP contribution in [0.4, 0.5) is 5.69 Å². The number of rotatable bonds is 4. The van der Waals surface area contributed by atoms with Gasteiger partial charge in [0.05, 0.1) is 19.4 Å². The molecular weight excluding hydrogens is 266 g/mol. The lowest BCUT2D eigenvalue weighted by Gasteiger charge is -2.28. The molecule has 0 spiro atoms. The van der Waals surface area contributed by atoms with E-state index in [9.17, 15) is 4.79 Å². The smallest absolute Gasteiger partial charge is 0.234 e. The summed E-state index contributed by atoms with van der Waals surface area (Å²) in [5, 5.41) is 2.87. The van der Waals surface area contributed by atoms with E-state index in [4.69, 9.17) is 10.2 Å². The van der Waals surface area contributed by atoms with Crippen LogP contribution in [0, 0.1) is 0 Å². The van der Waals surface area contributed by atoms with Gasteiger partial charge < -0.3 is 15.5 Å². The Morgan fingerprint density at radius 3 is 3.05 bits per heavy atom. The Hall–Kier alpha value is -2.27. The highest BCUT2D eigenvalue weighted by Gasteiger charge is 2.19. The van der Waals surface area contributed by atoms with Gasteiger partial charge in [-0.3, -0.25) is 9.69 Å². The van der Waals surface area contributed by atoms with Crippen molar-refractivity contribution >= 4 is 11.6 Å². The van der Waals surface area contributed by atoms with E-state index in [0.717, 1.165) is 31.0 Å². The second-order valence-corrected chi connectivity index (χ2v) is 5.30. The highest BCUT2D eigenvalue weighted by atomic mass is 16.3. The van der Waals surface area contributed by atoms with E-state index < -0.39 is 0 Å². The highest BCUT2D eigenvalue weighted by Crippen LogP contribution is 2.23.